The van der Waals surface area contributed by atoms with E-state index in [2.05, 4.69) is 15.8 Å². The van der Waals surface area contributed by atoms with Crippen LogP contribution < -0.4 is 0 Å². The second-order valence-corrected chi connectivity index (χ2v) is 2.45. The zero-order valence-corrected chi connectivity index (χ0v) is 6.42. The molecule has 0 bridgehead atoms. The van der Waals surface area contributed by atoms with E-state index in [-0.39, 0.29) is 0 Å². The summed E-state index contributed by atoms with van der Waals surface area (Å²) in [6.07, 6.45) is 3.53. The van der Waals surface area contributed by atoms with Gasteiger partial charge in [0.15, 0.2) is 11.6 Å². The molecule has 0 N–H and O–H groups in total. The maximum Gasteiger partial charge on any atom is 0.284 e. The molecule has 13 heavy (non-hydrogen) atoms. The van der Waals surface area contributed by atoms with Crippen molar-refractivity contribution in [2.75, 3.05) is 0 Å². The van der Waals surface area contributed by atoms with Crippen LogP contribution in [-0.2, 0) is 0 Å². The average Bonchev–Trinajstić information content (AvgIpc) is 2.62. The Kier molecular flexibility index (Phi) is 1.81. The van der Waals surface area contributed by atoms with Crippen LogP contribution in [0, 0.1) is 18.0 Å². The minimum absolute atomic E-state index is 0.430. The van der Waals surface area contributed by atoms with Crippen molar-refractivity contribution in [3.8, 4) is 11.3 Å². The SMILES string of the molecule is Fc1ccc(-c2co[c]n2)cc1F. The summed E-state index contributed by atoms with van der Waals surface area (Å²) in [5.41, 5.74) is 0.891. The summed E-state index contributed by atoms with van der Waals surface area (Å²) in [6.45, 7) is 0. The molecular weight excluding hydrogens is 176 g/mol. The monoisotopic (exact) mass is 180 g/mol. The summed E-state index contributed by atoms with van der Waals surface area (Å²) >= 11 is 0. The molecule has 65 valence electrons. The van der Waals surface area contributed by atoms with Crippen molar-refractivity contribution in [2.45, 2.75) is 0 Å². The van der Waals surface area contributed by atoms with Gasteiger partial charge in [-0.05, 0) is 18.2 Å². The highest BCUT2D eigenvalue weighted by molar-refractivity contribution is 5.57. The van der Waals surface area contributed by atoms with Gasteiger partial charge in [0, 0.05) is 5.56 Å². The molecule has 0 saturated heterocycles. The molecule has 2 rings (SSSR count). The third-order valence-corrected chi connectivity index (χ3v) is 1.60. The molecule has 4 heteroatoms. The van der Waals surface area contributed by atoms with Crippen LogP contribution in [0.25, 0.3) is 11.3 Å². The number of nitrogens with zero attached hydrogens (tertiary/aromatic N) is 1. The summed E-state index contributed by atoms with van der Waals surface area (Å²) in [5, 5.41) is 0. The molecule has 2 aromatic rings. The summed E-state index contributed by atoms with van der Waals surface area (Å²) in [4.78, 5) is 3.68. The average molecular weight is 180 g/mol. The van der Waals surface area contributed by atoms with Crippen LogP contribution in [0.3, 0.4) is 0 Å². The molecule has 1 aromatic heterocycles. The number of halogens is 2. The minimum Gasteiger partial charge on any atom is -0.440 e. The van der Waals surface area contributed by atoms with Gasteiger partial charge in [0.1, 0.15) is 12.0 Å². The van der Waals surface area contributed by atoms with Gasteiger partial charge in [-0.3, -0.25) is 0 Å². The lowest BCUT2D eigenvalue weighted by Crippen LogP contribution is -1.84. The molecule has 0 amide bonds. The molecule has 0 spiro atoms. The van der Waals surface area contributed by atoms with Gasteiger partial charge < -0.3 is 4.42 Å². The largest absolute Gasteiger partial charge is 0.440 e. The van der Waals surface area contributed by atoms with E-state index in [1.807, 2.05) is 0 Å². The first-order chi connectivity index (χ1) is 6.27. The lowest BCUT2D eigenvalue weighted by atomic mass is 10.2. The fraction of sp³-hybridized carbons (Fsp3) is 0. The van der Waals surface area contributed by atoms with Crippen LogP contribution in [0.4, 0.5) is 8.78 Å². The minimum atomic E-state index is -0.902. The molecule has 0 aliphatic carbocycles. The number of benzene rings is 1. The third kappa shape index (κ3) is 1.42. The summed E-state index contributed by atoms with van der Waals surface area (Å²) < 4.78 is 29.8. The predicted molar refractivity (Wildman–Crippen MR) is 40.7 cm³/mol. The first-order valence-corrected chi connectivity index (χ1v) is 3.54. The maximum atomic E-state index is 12.7. The highest BCUT2D eigenvalue weighted by Crippen LogP contribution is 2.18. The quantitative estimate of drug-likeness (QED) is 0.673. The molecule has 0 unspecified atom stereocenters. The Balaban J connectivity index is 2.49. The molecule has 2 nitrogen and oxygen atoms in total. The summed E-state index contributed by atoms with van der Waals surface area (Å²) in [6, 6.07) is 3.52. The Morgan fingerprint density at radius 2 is 2.08 bits per heavy atom. The summed E-state index contributed by atoms with van der Waals surface area (Å²) in [7, 11) is 0. The van der Waals surface area contributed by atoms with Crippen molar-refractivity contribution in [1.29, 1.82) is 0 Å². The van der Waals surface area contributed by atoms with Gasteiger partial charge in [-0.2, -0.15) is 0 Å². The lowest BCUT2D eigenvalue weighted by Gasteiger charge is -1.96. The maximum absolute atomic E-state index is 12.7. The Labute approximate surface area is 72.8 Å². The molecule has 1 heterocycles. The van der Waals surface area contributed by atoms with Crippen molar-refractivity contribution < 1.29 is 13.2 Å². The van der Waals surface area contributed by atoms with Crippen LogP contribution in [0.2, 0.25) is 0 Å². The number of hydrogen-bond acceptors (Lipinski definition) is 2. The number of aromatic nitrogens is 1. The first kappa shape index (κ1) is 7.91. The Morgan fingerprint density at radius 3 is 2.69 bits per heavy atom. The number of oxazole rings is 1. The Morgan fingerprint density at radius 1 is 1.23 bits per heavy atom. The Bertz CT molecular complexity index is 412. The highest BCUT2D eigenvalue weighted by Gasteiger charge is 2.05. The molecule has 1 radical (unpaired) electrons. The van der Waals surface area contributed by atoms with E-state index in [4.69, 9.17) is 0 Å². The zero-order valence-electron chi connectivity index (χ0n) is 6.42. The standard InChI is InChI=1S/C9H4F2NO/c10-7-2-1-6(3-8(7)11)9-4-13-5-12-9/h1-4H. The second-order valence-electron chi connectivity index (χ2n) is 2.45. The van der Waals surface area contributed by atoms with Crippen LogP contribution in [-0.4, -0.2) is 4.98 Å². The van der Waals surface area contributed by atoms with Crippen molar-refractivity contribution in [1.82, 2.24) is 4.98 Å². The van der Waals surface area contributed by atoms with Gasteiger partial charge in [-0.15, -0.1) is 0 Å². The van der Waals surface area contributed by atoms with Gasteiger partial charge in [-0.1, -0.05) is 0 Å². The van der Waals surface area contributed by atoms with Crippen molar-refractivity contribution >= 4 is 0 Å². The van der Waals surface area contributed by atoms with Gasteiger partial charge in [-0.25, -0.2) is 13.8 Å². The lowest BCUT2D eigenvalue weighted by molar-refractivity contribution is 0.509. The van der Waals surface area contributed by atoms with E-state index in [0.29, 0.717) is 11.3 Å². The van der Waals surface area contributed by atoms with Crippen molar-refractivity contribution in [3.05, 3.63) is 42.5 Å². The molecule has 0 atom stereocenters. The zero-order chi connectivity index (χ0) is 9.26. The van der Waals surface area contributed by atoms with Gasteiger partial charge in [0.25, 0.3) is 6.39 Å². The molecule has 0 aliphatic heterocycles. The van der Waals surface area contributed by atoms with Crippen LogP contribution in [0.5, 0.6) is 0 Å². The molecule has 0 fully saturated rings. The third-order valence-electron chi connectivity index (χ3n) is 1.60. The van der Waals surface area contributed by atoms with E-state index in [1.165, 1.54) is 12.3 Å². The van der Waals surface area contributed by atoms with Gasteiger partial charge in [0.05, 0.1) is 0 Å². The van der Waals surface area contributed by atoms with E-state index >= 15 is 0 Å². The van der Waals surface area contributed by atoms with Crippen molar-refractivity contribution in [2.24, 2.45) is 0 Å². The topological polar surface area (TPSA) is 26.0 Å². The number of rotatable bonds is 1. The molecular formula is C9H4F2NO. The van der Waals surface area contributed by atoms with E-state index < -0.39 is 11.6 Å². The Hall–Kier alpha value is -1.71. The summed E-state index contributed by atoms with van der Waals surface area (Å²) in [5.74, 6) is -1.78. The molecule has 0 saturated carbocycles. The van der Waals surface area contributed by atoms with Crippen molar-refractivity contribution in [3.63, 3.8) is 0 Å². The smallest absolute Gasteiger partial charge is 0.284 e. The fourth-order valence-corrected chi connectivity index (χ4v) is 0.972. The van der Waals surface area contributed by atoms with Crippen LogP contribution >= 0.6 is 0 Å². The first-order valence-electron chi connectivity index (χ1n) is 3.54. The van der Waals surface area contributed by atoms with E-state index in [0.717, 1.165) is 12.1 Å². The van der Waals surface area contributed by atoms with E-state index in [9.17, 15) is 8.78 Å². The van der Waals surface area contributed by atoms with E-state index in [1.54, 1.807) is 0 Å². The number of hydrogen-bond donors (Lipinski definition) is 0. The second kappa shape index (κ2) is 2.97. The predicted octanol–water partition coefficient (Wildman–Crippen LogP) is 2.42. The highest BCUT2D eigenvalue weighted by atomic mass is 19.2. The van der Waals surface area contributed by atoms with Crippen LogP contribution in [0.15, 0.2) is 28.9 Å². The van der Waals surface area contributed by atoms with Gasteiger partial charge >= 0.3 is 0 Å². The van der Waals surface area contributed by atoms with Gasteiger partial charge in [0.2, 0.25) is 0 Å². The normalized spacial score (nSPS) is 10.3. The molecule has 1 aromatic carbocycles. The molecule has 0 aliphatic rings. The van der Waals surface area contributed by atoms with Crippen LogP contribution in [0.1, 0.15) is 0 Å². The fourth-order valence-electron chi connectivity index (χ4n) is 0.972.